The van der Waals surface area contributed by atoms with Crippen LogP contribution in [0.3, 0.4) is 0 Å². The molecule has 0 spiro atoms. The molecule has 3 aromatic rings. The summed E-state index contributed by atoms with van der Waals surface area (Å²) in [4.78, 5) is 23.7. The Morgan fingerprint density at radius 1 is 0.931 bits per heavy atom. The number of carbonyl (C=O) groups excluding carboxylic acids is 2. The number of hydrazine groups is 1. The molecule has 7 nitrogen and oxygen atoms in total. The molecule has 0 bridgehead atoms. The summed E-state index contributed by atoms with van der Waals surface area (Å²) in [6.07, 6.45) is 0. The Morgan fingerprint density at radius 2 is 1.62 bits per heavy atom. The van der Waals surface area contributed by atoms with Gasteiger partial charge in [-0.15, -0.1) is 0 Å². The van der Waals surface area contributed by atoms with Crippen LogP contribution in [0.25, 0.3) is 11.1 Å². The third-order valence-corrected chi connectivity index (χ3v) is 4.30. The molecule has 3 rings (SSSR count). The van der Waals surface area contributed by atoms with Gasteiger partial charge >= 0.3 is 0 Å². The average molecular weight is 474 g/mol. The number of ether oxygens (including phenoxy) is 1. The number of amides is 2. The number of rotatable bonds is 5. The maximum atomic E-state index is 11.9. The van der Waals surface area contributed by atoms with Crippen molar-refractivity contribution in [2.24, 2.45) is 0 Å². The maximum Gasteiger partial charge on any atom is 0.293 e. The highest BCUT2D eigenvalue weighted by atomic mass is 79.9. The van der Waals surface area contributed by atoms with Crippen molar-refractivity contribution in [3.63, 3.8) is 0 Å². The lowest BCUT2D eigenvalue weighted by Gasteiger charge is -2.11. The highest BCUT2D eigenvalue weighted by Crippen LogP contribution is 2.21. The topological polar surface area (TPSA) is 92.6 Å². The van der Waals surface area contributed by atoms with Crippen LogP contribution in [0.2, 0.25) is 0 Å². The minimum Gasteiger partial charge on any atom is -0.484 e. The van der Waals surface area contributed by atoms with E-state index in [-0.39, 0.29) is 17.5 Å². The van der Waals surface area contributed by atoms with Crippen molar-refractivity contribution < 1.29 is 18.7 Å². The molecule has 1 aromatic heterocycles. The van der Waals surface area contributed by atoms with Gasteiger partial charge in [-0.25, -0.2) is 0 Å². The molecule has 0 atom stereocenters. The van der Waals surface area contributed by atoms with Gasteiger partial charge in [-0.1, -0.05) is 42.5 Å². The minimum atomic E-state index is -0.544. The second-order valence-corrected chi connectivity index (χ2v) is 6.93. The van der Waals surface area contributed by atoms with Crippen LogP contribution in [0, 0.1) is 0 Å². The smallest absolute Gasteiger partial charge is 0.293 e. The van der Waals surface area contributed by atoms with Crippen molar-refractivity contribution in [2.75, 3.05) is 6.61 Å². The standard InChI is InChI=1S/C20H16BrN3O4S/c21-17-11-10-16(28-17)19(26)22-20(29)24-23-18(25)12-27-15-8-6-14(7-9-15)13-4-2-1-3-5-13/h1-11H,12H2,(H,23,25)(H2,22,24,26,29). The lowest BCUT2D eigenvalue weighted by molar-refractivity contribution is -0.123. The summed E-state index contributed by atoms with van der Waals surface area (Å²) in [5, 5.41) is 2.29. The van der Waals surface area contributed by atoms with Crippen LogP contribution in [0.5, 0.6) is 5.75 Å². The molecule has 0 aliphatic rings. The molecule has 0 saturated carbocycles. The normalized spacial score (nSPS) is 10.1. The molecule has 0 aliphatic heterocycles. The summed E-state index contributed by atoms with van der Waals surface area (Å²) in [6, 6.07) is 20.4. The van der Waals surface area contributed by atoms with Gasteiger partial charge in [-0.3, -0.25) is 25.8 Å². The SMILES string of the molecule is O=C(COc1ccc(-c2ccccc2)cc1)NNC(=S)NC(=O)c1ccc(Br)o1. The molecule has 0 fully saturated rings. The van der Waals surface area contributed by atoms with Crippen molar-refractivity contribution in [1.29, 1.82) is 0 Å². The largest absolute Gasteiger partial charge is 0.484 e. The van der Waals surface area contributed by atoms with Gasteiger partial charge < -0.3 is 9.15 Å². The predicted molar refractivity (Wildman–Crippen MR) is 115 cm³/mol. The van der Waals surface area contributed by atoms with Crippen molar-refractivity contribution in [3.05, 3.63) is 77.2 Å². The Kier molecular flexibility index (Phi) is 6.99. The number of benzene rings is 2. The molecule has 148 valence electrons. The molecule has 9 heteroatoms. The van der Waals surface area contributed by atoms with Gasteiger partial charge in [0.1, 0.15) is 5.75 Å². The first-order valence-corrected chi connectivity index (χ1v) is 9.65. The molecular weight excluding hydrogens is 458 g/mol. The number of hydrogen-bond donors (Lipinski definition) is 3. The monoisotopic (exact) mass is 473 g/mol. The number of thiocarbonyl (C=S) groups is 1. The Bertz CT molecular complexity index is 1010. The Balaban J connectivity index is 1.40. The molecule has 29 heavy (non-hydrogen) atoms. The molecular formula is C20H16BrN3O4S. The van der Waals surface area contributed by atoms with Crippen molar-refractivity contribution in [3.8, 4) is 16.9 Å². The van der Waals surface area contributed by atoms with Gasteiger partial charge in [0, 0.05) is 0 Å². The van der Waals surface area contributed by atoms with Crippen LogP contribution in [-0.2, 0) is 4.79 Å². The van der Waals surface area contributed by atoms with E-state index < -0.39 is 11.8 Å². The van der Waals surface area contributed by atoms with Crippen LogP contribution in [-0.4, -0.2) is 23.5 Å². The summed E-state index contributed by atoms with van der Waals surface area (Å²) in [5.74, 6) is -0.375. The van der Waals surface area contributed by atoms with E-state index in [1.54, 1.807) is 18.2 Å². The quantitative estimate of drug-likeness (QED) is 0.388. The number of halogens is 1. The highest BCUT2D eigenvalue weighted by molar-refractivity contribution is 9.10. The Morgan fingerprint density at radius 3 is 2.28 bits per heavy atom. The van der Waals surface area contributed by atoms with E-state index in [0.717, 1.165) is 11.1 Å². The van der Waals surface area contributed by atoms with Gasteiger partial charge in [0.05, 0.1) is 0 Å². The van der Waals surface area contributed by atoms with Crippen molar-refractivity contribution in [1.82, 2.24) is 16.2 Å². The minimum absolute atomic E-state index is 0.0784. The third-order valence-electron chi connectivity index (χ3n) is 3.67. The lowest BCUT2D eigenvalue weighted by Crippen LogP contribution is -2.49. The van der Waals surface area contributed by atoms with E-state index in [1.165, 1.54) is 6.07 Å². The summed E-state index contributed by atoms with van der Waals surface area (Å²) in [6.45, 7) is -0.223. The van der Waals surface area contributed by atoms with Gasteiger partial charge in [0.15, 0.2) is 22.1 Å². The number of nitrogens with one attached hydrogen (secondary N) is 3. The van der Waals surface area contributed by atoms with Crippen molar-refractivity contribution >= 4 is 45.1 Å². The molecule has 0 saturated heterocycles. The summed E-state index contributed by atoms with van der Waals surface area (Å²) < 4.78 is 11.0. The van der Waals surface area contributed by atoms with E-state index >= 15 is 0 Å². The molecule has 3 N–H and O–H groups in total. The zero-order valence-electron chi connectivity index (χ0n) is 15.0. The van der Waals surface area contributed by atoms with E-state index in [1.807, 2.05) is 42.5 Å². The third kappa shape index (κ3) is 6.16. The van der Waals surface area contributed by atoms with Crippen LogP contribution in [0.15, 0.2) is 75.8 Å². The maximum absolute atomic E-state index is 11.9. The molecule has 0 aliphatic carbocycles. The fraction of sp³-hybridized carbons (Fsp3) is 0.0500. The van der Waals surface area contributed by atoms with Crippen molar-refractivity contribution in [2.45, 2.75) is 0 Å². The average Bonchev–Trinajstić information content (AvgIpc) is 3.18. The van der Waals surface area contributed by atoms with Crippen LogP contribution >= 0.6 is 28.1 Å². The molecule has 0 unspecified atom stereocenters. The zero-order chi connectivity index (χ0) is 20.6. The first-order valence-electron chi connectivity index (χ1n) is 8.45. The number of hydrogen-bond acceptors (Lipinski definition) is 5. The highest BCUT2D eigenvalue weighted by Gasteiger charge is 2.12. The molecule has 1 heterocycles. The predicted octanol–water partition coefficient (Wildman–Crippen LogP) is 3.42. The summed E-state index contributed by atoms with van der Waals surface area (Å²) in [5.41, 5.74) is 6.91. The first-order chi connectivity index (χ1) is 14.0. The summed E-state index contributed by atoms with van der Waals surface area (Å²) >= 11 is 8.04. The van der Waals surface area contributed by atoms with E-state index in [2.05, 4.69) is 32.1 Å². The van der Waals surface area contributed by atoms with E-state index in [4.69, 9.17) is 21.4 Å². The fourth-order valence-corrected chi connectivity index (χ4v) is 2.77. The second-order valence-electron chi connectivity index (χ2n) is 5.74. The van der Waals surface area contributed by atoms with Crippen LogP contribution in [0.1, 0.15) is 10.6 Å². The number of furan rings is 1. The van der Waals surface area contributed by atoms with E-state index in [0.29, 0.717) is 10.4 Å². The molecule has 0 radical (unpaired) electrons. The van der Waals surface area contributed by atoms with Crippen LogP contribution < -0.4 is 20.9 Å². The summed E-state index contributed by atoms with van der Waals surface area (Å²) in [7, 11) is 0. The van der Waals surface area contributed by atoms with E-state index in [9.17, 15) is 9.59 Å². The van der Waals surface area contributed by atoms with Gasteiger partial charge in [-0.05, 0) is 63.5 Å². The van der Waals surface area contributed by atoms with Gasteiger partial charge in [-0.2, -0.15) is 0 Å². The first kappa shape index (κ1) is 20.6. The van der Waals surface area contributed by atoms with Gasteiger partial charge in [0.25, 0.3) is 11.8 Å². The Labute approximate surface area is 180 Å². The van der Waals surface area contributed by atoms with Crippen LogP contribution in [0.4, 0.5) is 0 Å². The zero-order valence-corrected chi connectivity index (χ0v) is 17.4. The fourth-order valence-electron chi connectivity index (χ4n) is 2.32. The molecule has 2 amide bonds. The van der Waals surface area contributed by atoms with Gasteiger partial charge in [0.2, 0.25) is 0 Å². The lowest BCUT2D eigenvalue weighted by atomic mass is 10.1. The number of carbonyl (C=O) groups is 2. The Hall–Kier alpha value is -3.17. The second kappa shape index (κ2) is 9.85. The molecule has 2 aromatic carbocycles.